The maximum Gasteiger partial charge on any atom is 0.270 e. The lowest BCUT2D eigenvalue weighted by Crippen LogP contribution is -2.37. The number of carbonyl (C=O) groups excluding carboxylic acids is 1. The fourth-order valence-corrected chi connectivity index (χ4v) is 4.52. The van der Waals surface area contributed by atoms with Crippen LogP contribution in [0.3, 0.4) is 0 Å². The quantitative estimate of drug-likeness (QED) is 0.856. The third kappa shape index (κ3) is 2.26. The Hall–Kier alpha value is -1.56. The fraction of sp³-hybridized carbons (Fsp3) is 0.500. The van der Waals surface area contributed by atoms with Crippen molar-refractivity contribution in [2.45, 2.75) is 0 Å². The van der Waals surface area contributed by atoms with Crippen molar-refractivity contribution in [3.05, 3.63) is 35.0 Å². The molecule has 2 saturated heterocycles. The van der Waals surface area contributed by atoms with Crippen LogP contribution in [-0.2, 0) is 16.5 Å². The molecule has 0 N–H and O–H groups in total. The van der Waals surface area contributed by atoms with Crippen molar-refractivity contribution in [1.29, 1.82) is 0 Å². The Morgan fingerprint density at radius 1 is 1.50 bits per heavy atom. The van der Waals surface area contributed by atoms with Gasteiger partial charge in [-0.05, 0) is 12.1 Å². The van der Waals surface area contributed by atoms with Crippen molar-refractivity contribution >= 4 is 28.4 Å². The summed E-state index contributed by atoms with van der Waals surface area (Å²) < 4.78 is 13.0. The average molecular weight is 349 g/mol. The molecule has 1 aromatic heterocycles. The first kappa shape index (κ1) is 15.9. The lowest BCUT2D eigenvalue weighted by atomic mass is 9.82. The Morgan fingerprint density at radius 2 is 2.33 bits per heavy atom. The predicted octanol–water partition coefficient (Wildman–Crippen LogP) is 2.57. The Balaban J connectivity index is 1.66. The van der Waals surface area contributed by atoms with E-state index in [2.05, 4.69) is 0 Å². The van der Waals surface area contributed by atoms with E-state index < -0.39 is 0 Å². The summed E-state index contributed by atoms with van der Waals surface area (Å²) in [4.78, 5) is 15.0. The van der Waals surface area contributed by atoms with Gasteiger partial charge in [0.15, 0.2) is 0 Å². The molecule has 6 heteroatoms. The molecule has 128 valence electrons. The molecule has 2 aromatic rings. The van der Waals surface area contributed by atoms with E-state index in [4.69, 9.17) is 21.1 Å². The van der Waals surface area contributed by atoms with Crippen LogP contribution in [0.25, 0.3) is 10.9 Å². The molecular formula is C18H21ClN2O3. The van der Waals surface area contributed by atoms with E-state index in [0.29, 0.717) is 43.0 Å². The third-order valence-corrected chi connectivity index (χ3v) is 5.77. The number of amides is 1. The monoisotopic (exact) mass is 348 g/mol. The van der Waals surface area contributed by atoms with E-state index in [1.54, 1.807) is 7.11 Å². The van der Waals surface area contributed by atoms with Gasteiger partial charge in [0, 0.05) is 44.0 Å². The highest BCUT2D eigenvalue weighted by Crippen LogP contribution is 2.42. The molecular weight excluding hydrogens is 328 g/mol. The van der Waals surface area contributed by atoms with Crippen LogP contribution in [-0.4, -0.2) is 55.4 Å². The van der Waals surface area contributed by atoms with Crippen molar-refractivity contribution in [3.63, 3.8) is 0 Å². The summed E-state index contributed by atoms with van der Waals surface area (Å²) in [6.07, 6.45) is 0. The number of hydrogen-bond acceptors (Lipinski definition) is 3. The molecule has 0 spiro atoms. The molecule has 5 nitrogen and oxygen atoms in total. The SMILES string of the molecule is COC[C@@]12COC[C@@H]1CN(C(=O)c1cc3cccc(Cl)c3n1C)C2. The maximum absolute atomic E-state index is 13.1. The molecule has 0 bridgehead atoms. The largest absolute Gasteiger partial charge is 0.384 e. The number of para-hydroxylation sites is 1. The fourth-order valence-electron chi connectivity index (χ4n) is 4.21. The minimum Gasteiger partial charge on any atom is -0.384 e. The third-order valence-electron chi connectivity index (χ3n) is 5.47. The van der Waals surface area contributed by atoms with E-state index in [-0.39, 0.29) is 11.3 Å². The van der Waals surface area contributed by atoms with Crippen LogP contribution in [0, 0.1) is 11.3 Å². The van der Waals surface area contributed by atoms with Gasteiger partial charge in [0.25, 0.3) is 5.91 Å². The van der Waals surface area contributed by atoms with Gasteiger partial charge in [0.2, 0.25) is 0 Å². The number of aryl methyl sites for hydroxylation is 1. The van der Waals surface area contributed by atoms with Gasteiger partial charge in [-0.15, -0.1) is 0 Å². The number of likely N-dealkylation sites (tertiary alicyclic amines) is 1. The summed E-state index contributed by atoms with van der Waals surface area (Å²) in [5, 5.41) is 1.65. The van der Waals surface area contributed by atoms with Crippen LogP contribution in [0.4, 0.5) is 0 Å². The predicted molar refractivity (Wildman–Crippen MR) is 92.5 cm³/mol. The zero-order chi connectivity index (χ0) is 16.9. The first-order valence-electron chi connectivity index (χ1n) is 8.16. The average Bonchev–Trinajstić information content (AvgIpc) is 3.18. The second-order valence-electron chi connectivity index (χ2n) is 6.96. The van der Waals surface area contributed by atoms with E-state index in [0.717, 1.165) is 17.4 Å². The molecule has 2 fully saturated rings. The normalized spacial score (nSPS) is 26.3. The number of rotatable bonds is 3. The number of halogens is 1. The van der Waals surface area contributed by atoms with Gasteiger partial charge in [0.1, 0.15) is 5.69 Å². The Morgan fingerprint density at radius 3 is 3.08 bits per heavy atom. The molecule has 1 aromatic carbocycles. The Bertz CT molecular complexity index is 803. The highest BCUT2D eigenvalue weighted by atomic mass is 35.5. The van der Waals surface area contributed by atoms with Gasteiger partial charge in [-0.3, -0.25) is 4.79 Å². The summed E-state index contributed by atoms with van der Waals surface area (Å²) in [7, 11) is 3.60. The van der Waals surface area contributed by atoms with Crippen LogP contribution < -0.4 is 0 Å². The molecule has 4 rings (SSSR count). The Labute approximate surface area is 146 Å². The molecule has 24 heavy (non-hydrogen) atoms. The Kier molecular flexibility index (Phi) is 3.82. The smallest absolute Gasteiger partial charge is 0.270 e. The summed E-state index contributed by atoms with van der Waals surface area (Å²) in [6.45, 7) is 3.39. The summed E-state index contributed by atoms with van der Waals surface area (Å²) in [5.41, 5.74) is 1.51. The van der Waals surface area contributed by atoms with E-state index in [1.165, 1.54) is 0 Å². The zero-order valence-corrected chi connectivity index (χ0v) is 14.7. The van der Waals surface area contributed by atoms with E-state index >= 15 is 0 Å². The van der Waals surface area contributed by atoms with Crippen LogP contribution >= 0.6 is 11.6 Å². The molecule has 2 aliphatic rings. The molecule has 1 amide bonds. The molecule has 3 heterocycles. The first-order valence-corrected chi connectivity index (χ1v) is 8.53. The lowest BCUT2D eigenvalue weighted by Gasteiger charge is -2.26. The number of methoxy groups -OCH3 is 1. The minimum atomic E-state index is -0.0629. The number of benzene rings is 1. The highest BCUT2D eigenvalue weighted by Gasteiger charge is 2.52. The summed E-state index contributed by atoms with van der Waals surface area (Å²) in [6, 6.07) is 7.67. The number of hydrogen-bond donors (Lipinski definition) is 0. The molecule has 2 atom stereocenters. The van der Waals surface area contributed by atoms with E-state index in [1.807, 2.05) is 40.8 Å². The second-order valence-corrected chi connectivity index (χ2v) is 7.37. The molecule has 0 unspecified atom stereocenters. The number of carbonyl (C=O) groups is 1. The van der Waals surface area contributed by atoms with Crippen molar-refractivity contribution in [3.8, 4) is 0 Å². The van der Waals surface area contributed by atoms with Gasteiger partial charge < -0.3 is 18.9 Å². The topological polar surface area (TPSA) is 43.7 Å². The molecule has 0 aliphatic carbocycles. The number of nitrogens with zero attached hydrogens (tertiary/aromatic N) is 2. The molecule has 2 aliphatic heterocycles. The van der Waals surface area contributed by atoms with Crippen molar-refractivity contribution in [2.24, 2.45) is 18.4 Å². The van der Waals surface area contributed by atoms with Crippen molar-refractivity contribution in [2.75, 3.05) is 40.0 Å². The van der Waals surface area contributed by atoms with Crippen LogP contribution in [0.15, 0.2) is 24.3 Å². The standard InChI is InChI=1S/C18H21ClN2O3/c1-20-15(6-12-4-3-5-14(19)16(12)20)17(22)21-7-13-8-24-11-18(13,9-21)10-23-2/h3-6,13H,7-11H2,1-2H3/t13-,18-/m0/s1. The number of ether oxygens (including phenoxy) is 2. The van der Waals surface area contributed by atoms with Crippen molar-refractivity contribution < 1.29 is 14.3 Å². The van der Waals surface area contributed by atoms with Gasteiger partial charge in [-0.1, -0.05) is 23.7 Å². The lowest BCUT2D eigenvalue weighted by molar-refractivity contribution is 0.0486. The number of aromatic nitrogens is 1. The summed E-state index contributed by atoms with van der Waals surface area (Å²) >= 11 is 6.30. The second kappa shape index (κ2) is 5.76. The highest BCUT2D eigenvalue weighted by molar-refractivity contribution is 6.35. The van der Waals surface area contributed by atoms with Gasteiger partial charge >= 0.3 is 0 Å². The van der Waals surface area contributed by atoms with Gasteiger partial charge in [-0.2, -0.15) is 0 Å². The van der Waals surface area contributed by atoms with Crippen LogP contribution in [0.2, 0.25) is 5.02 Å². The van der Waals surface area contributed by atoms with Gasteiger partial charge in [-0.25, -0.2) is 0 Å². The van der Waals surface area contributed by atoms with Crippen molar-refractivity contribution in [1.82, 2.24) is 9.47 Å². The minimum absolute atomic E-state index is 0.0506. The van der Waals surface area contributed by atoms with Gasteiger partial charge in [0.05, 0.1) is 30.4 Å². The maximum atomic E-state index is 13.1. The first-order chi connectivity index (χ1) is 11.6. The molecule has 0 radical (unpaired) electrons. The summed E-state index contributed by atoms with van der Waals surface area (Å²) in [5.74, 6) is 0.398. The van der Waals surface area contributed by atoms with E-state index in [9.17, 15) is 4.79 Å². The number of fused-ring (bicyclic) bond motifs is 2. The molecule has 0 saturated carbocycles. The zero-order valence-electron chi connectivity index (χ0n) is 13.9. The van der Waals surface area contributed by atoms with Crippen LogP contribution in [0.1, 0.15) is 10.5 Å². The van der Waals surface area contributed by atoms with Crippen LogP contribution in [0.5, 0.6) is 0 Å².